The third-order valence-corrected chi connectivity index (χ3v) is 5.71. The SMILES string of the molecule is OCC[C@H]1Cc2ccccc2C2(CCN(Cc3ccccc3)CC2)O1. The lowest BCUT2D eigenvalue weighted by Gasteiger charge is -2.47. The number of nitrogens with zero attached hydrogens (tertiary/aromatic N) is 1. The molecule has 4 rings (SSSR count). The summed E-state index contributed by atoms with van der Waals surface area (Å²) in [5, 5.41) is 9.37. The van der Waals surface area contributed by atoms with Crippen LogP contribution < -0.4 is 0 Å². The Bertz CT molecular complexity index is 692. The molecule has 0 bridgehead atoms. The fourth-order valence-electron chi connectivity index (χ4n) is 4.42. The molecular weight excluding hydrogens is 310 g/mol. The summed E-state index contributed by atoms with van der Waals surface area (Å²) in [5.74, 6) is 0. The molecule has 2 heterocycles. The van der Waals surface area contributed by atoms with E-state index < -0.39 is 0 Å². The molecule has 2 aliphatic rings. The van der Waals surface area contributed by atoms with Crippen molar-refractivity contribution >= 4 is 0 Å². The number of piperidine rings is 1. The Kier molecular flexibility index (Phi) is 4.89. The largest absolute Gasteiger partial charge is 0.396 e. The summed E-state index contributed by atoms with van der Waals surface area (Å²) in [6, 6.07) is 19.4. The molecule has 25 heavy (non-hydrogen) atoms. The Morgan fingerprint density at radius 2 is 1.72 bits per heavy atom. The number of hydrogen-bond acceptors (Lipinski definition) is 3. The molecule has 0 saturated carbocycles. The van der Waals surface area contributed by atoms with Gasteiger partial charge in [-0.15, -0.1) is 0 Å². The van der Waals surface area contributed by atoms with Crippen LogP contribution in [0.2, 0.25) is 0 Å². The van der Waals surface area contributed by atoms with Crippen molar-refractivity contribution in [3.63, 3.8) is 0 Å². The lowest BCUT2D eigenvalue weighted by Crippen LogP contribution is -2.48. The highest BCUT2D eigenvalue weighted by atomic mass is 16.5. The molecule has 0 aromatic heterocycles. The van der Waals surface area contributed by atoms with Crippen molar-refractivity contribution in [2.24, 2.45) is 0 Å². The Morgan fingerprint density at radius 3 is 2.48 bits per heavy atom. The van der Waals surface area contributed by atoms with Crippen molar-refractivity contribution in [3.05, 3.63) is 71.3 Å². The zero-order valence-electron chi connectivity index (χ0n) is 14.7. The topological polar surface area (TPSA) is 32.7 Å². The zero-order valence-corrected chi connectivity index (χ0v) is 14.7. The highest BCUT2D eigenvalue weighted by Gasteiger charge is 2.43. The van der Waals surface area contributed by atoms with E-state index in [1.807, 2.05) is 0 Å². The second-order valence-corrected chi connectivity index (χ2v) is 7.37. The molecule has 1 spiro atoms. The Morgan fingerprint density at radius 1 is 1.00 bits per heavy atom. The first-order valence-corrected chi connectivity index (χ1v) is 9.42. The number of hydrogen-bond donors (Lipinski definition) is 1. The van der Waals surface area contributed by atoms with Crippen molar-refractivity contribution in [3.8, 4) is 0 Å². The normalized spacial score (nSPS) is 22.7. The van der Waals surface area contributed by atoms with Gasteiger partial charge in [-0.05, 0) is 42.4 Å². The van der Waals surface area contributed by atoms with Crippen LogP contribution in [-0.4, -0.2) is 35.8 Å². The van der Waals surface area contributed by atoms with Crippen LogP contribution in [0, 0.1) is 0 Å². The molecule has 2 aromatic carbocycles. The third-order valence-electron chi connectivity index (χ3n) is 5.71. The van der Waals surface area contributed by atoms with E-state index in [2.05, 4.69) is 59.5 Å². The van der Waals surface area contributed by atoms with E-state index in [1.165, 1.54) is 16.7 Å². The number of benzene rings is 2. The van der Waals surface area contributed by atoms with E-state index in [9.17, 15) is 5.11 Å². The molecule has 1 fully saturated rings. The molecule has 0 radical (unpaired) electrons. The lowest BCUT2D eigenvalue weighted by atomic mass is 9.78. The van der Waals surface area contributed by atoms with E-state index in [1.54, 1.807) is 0 Å². The van der Waals surface area contributed by atoms with Gasteiger partial charge in [-0.3, -0.25) is 4.90 Å². The maximum Gasteiger partial charge on any atom is 0.0962 e. The summed E-state index contributed by atoms with van der Waals surface area (Å²) in [6.07, 6.45) is 3.84. The highest BCUT2D eigenvalue weighted by Crippen LogP contribution is 2.44. The van der Waals surface area contributed by atoms with E-state index >= 15 is 0 Å². The predicted molar refractivity (Wildman–Crippen MR) is 99.4 cm³/mol. The average Bonchev–Trinajstić information content (AvgIpc) is 2.65. The van der Waals surface area contributed by atoms with Gasteiger partial charge in [0.2, 0.25) is 0 Å². The van der Waals surface area contributed by atoms with Crippen LogP contribution in [-0.2, 0) is 23.3 Å². The second kappa shape index (κ2) is 7.28. The van der Waals surface area contributed by atoms with Crippen LogP contribution in [0.5, 0.6) is 0 Å². The number of aliphatic hydroxyl groups excluding tert-OH is 1. The molecule has 2 aliphatic heterocycles. The van der Waals surface area contributed by atoms with Crippen LogP contribution in [0.3, 0.4) is 0 Å². The van der Waals surface area contributed by atoms with Crippen molar-refractivity contribution in [1.29, 1.82) is 0 Å². The van der Waals surface area contributed by atoms with Gasteiger partial charge in [0.05, 0.1) is 11.7 Å². The molecule has 3 nitrogen and oxygen atoms in total. The van der Waals surface area contributed by atoms with Crippen molar-refractivity contribution < 1.29 is 9.84 Å². The van der Waals surface area contributed by atoms with E-state index in [-0.39, 0.29) is 18.3 Å². The van der Waals surface area contributed by atoms with Crippen LogP contribution in [0.15, 0.2) is 54.6 Å². The fourth-order valence-corrected chi connectivity index (χ4v) is 4.42. The number of ether oxygens (including phenoxy) is 1. The molecular formula is C22H27NO2. The number of likely N-dealkylation sites (tertiary alicyclic amines) is 1. The van der Waals surface area contributed by atoms with Crippen LogP contribution in [0.4, 0.5) is 0 Å². The highest BCUT2D eigenvalue weighted by molar-refractivity contribution is 5.36. The van der Waals surface area contributed by atoms with Crippen molar-refractivity contribution in [2.75, 3.05) is 19.7 Å². The van der Waals surface area contributed by atoms with E-state index in [0.717, 1.165) is 45.3 Å². The van der Waals surface area contributed by atoms with Gasteiger partial charge in [0, 0.05) is 26.2 Å². The first-order valence-electron chi connectivity index (χ1n) is 9.42. The zero-order chi connectivity index (χ0) is 17.1. The van der Waals surface area contributed by atoms with Crippen molar-refractivity contribution in [1.82, 2.24) is 4.90 Å². The summed E-state index contributed by atoms with van der Waals surface area (Å²) in [7, 11) is 0. The molecule has 1 atom stereocenters. The quantitative estimate of drug-likeness (QED) is 0.927. The first-order chi connectivity index (χ1) is 12.3. The molecule has 0 amide bonds. The molecule has 0 unspecified atom stereocenters. The molecule has 2 aromatic rings. The smallest absolute Gasteiger partial charge is 0.0962 e. The van der Waals surface area contributed by atoms with Gasteiger partial charge < -0.3 is 9.84 Å². The summed E-state index contributed by atoms with van der Waals surface area (Å²) < 4.78 is 6.59. The summed E-state index contributed by atoms with van der Waals surface area (Å²) in [4.78, 5) is 2.53. The maximum absolute atomic E-state index is 9.37. The van der Waals surface area contributed by atoms with Crippen LogP contribution in [0.25, 0.3) is 0 Å². The number of fused-ring (bicyclic) bond motifs is 2. The van der Waals surface area contributed by atoms with Gasteiger partial charge in [-0.25, -0.2) is 0 Å². The number of aliphatic hydroxyl groups is 1. The monoisotopic (exact) mass is 337 g/mol. The van der Waals surface area contributed by atoms with Gasteiger partial charge in [0.1, 0.15) is 0 Å². The summed E-state index contributed by atoms with van der Waals surface area (Å²) in [5.41, 5.74) is 4.00. The van der Waals surface area contributed by atoms with E-state index in [0.29, 0.717) is 0 Å². The average molecular weight is 337 g/mol. The first kappa shape index (κ1) is 16.8. The molecule has 132 valence electrons. The standard InChI is InChI=1S/C22H27NO2/c24-15-10-20-16-19-8-4-5-9-21(19)22(25-20)11-13-23(14-12-22)17-18-6-2-1-3-7-18/h1-9,20,24H,10-17H2/t20-/m0/s1. The van der Waals surface area contributed by atoms with E-state index in [4.69, 9.17) is 4.74 Å². The van der Waals surface area contributed by atoms with Crippen LogP contribution >= 0.6 is 0 Å². The maximum atomic E-state index is 9.37. The summed E-state index contributed by atoms with van der Waals surface area (Å²) >= 11 is 0. The van der Waals surface area contributed by atoms with Crippen molar-refractivity contribution in [2.45, 2.75) is 43.9 Å². The molecule has 1 saturated heterocycles. The lowest BCUT2D eigenvalue weighted by molar-refractivity contribution is -0.144. The van der Waals surface area contributed by atoms with Gasteiger partial charge >= 0.3 is 0 Å². The van der Waals surface area contributed by atoms with Gasteiger partial charge in [0.25, 0.3) is 0 Å². The molecule has 3 heteroatoms. The van der Waals surface area contributed by atoms with Gasteiger partial charge in [0.15, 0.2) is 0 Å². The number of rotatable bonds is 4. The Balaban J connectivity index is 1.50. The van der Waals surface area contributed by atoms with Crippen LogP contribution in [0.1, 0.15) is 36.0 Å². The minimum atomic E-state index is -0.165. The summed E-state index contributed by atoms with van der Waals surface area (Å²) in [6.45, 7) is 3.31. The Hall–Kier alpha value is -1.68. The molecule has 0 aliphatic carbocycles. The minimum Gasteiger partial charge on any atom is -0.396 e. The van der Waals surface area contributed by atoms with Gasteiger partial charge in [-0.1, -0.05) is 54.6 Å². The Labute approximate surface area is 150 Å². The minimum absolute atomic E-state index is 0.139. The van der Waals surface area contributed by atoms with Gasteiger partial charge in [-0.2, -0.15) is 0 Å². The second-order valence-electron chi connectivity index (χ2n) is 7.37. The molecule has 1 N–H and O–H groups in total. The fraction of sp³-hybridized carbons (Fsp3) is 0.455. The predicted octanol–water partition coefficient (Wildman–Crippen LogP) is 3.50. The third kappa shape index (κ3) is 3.50.